The minimum Gasteiger partial charge on any atom is -0.463 e. The summed E-state index contributed by atoms with van der Waals surface area (Å²) < 4.78 is 5.95. The van der Waals surface area contributed by atoms with Crippen molar-refractivity contribution in [2.75, 3.05) is 26.4 Å². The molecule has 3 rings (SSSR count). The van der Waals surface area contributed by atoms with Crippen LogP contribution in [0.3, 0.4) is 0 Å². The molecule has 2 heterocycles. The van der Waals surface area contributed by atoms with Gasteiger partial charge in [0.1, 0.15) is 11.5 Å². The molecule has 2 aromatic rings. The van der Waals surface area contributed by atoms with Gasteiger partial charge < -0.3 is 14.2 Å². The van der Waals surface area contributed by atoms with E-state index in [2.05, 4.69) is 35.2 Å². The molecule has 140 valence electrons. The third-order valence-electron chi connectivity index (χ3n) is 4.55. The molecule has 1 aromatic heterocycles. The molecule has 0 spiro atoms. The van der Waals surface area contributed by atoms with Crippen LogP contribution in [0, 0.1) is 0 Å². The maximum atomic E-state index is 12.5. The van der Waals surface area contributed by atoms with Crippen molar-refractivity contribution < 1.29 is 9.21 Å². The average Bonchev–Trinajstić information content (AvgIpc) is 3.02. The van der Waals surface area contributed by atoms with Crippen LogP contribution in [0.2, 0.25) is 0 Å². The van der Waals surface area contributed by atoms with Gasteiger partial charge in [-0.15, -0.1) is 11.8 Å². The van der Waals surface area contributed by atoms with Gasteiger partial charge in [0.05, 0.1) is 13.1 Å². The van der Waals surface area contributed by atoms with E-state index in [9.17, 15) is 4.79 Å². The van der Waals surface area contributed by atoms with Gasteiger partial charge in [0.25, 0.3) is 0 Å². The number of unbranched alkanes of at least 4 members (excludes halogenated alkanes) is 1. The minimum absolute atomic E-state index is 0.255. The Morgan fingerprint density at radius 2 is 2.04 bits per heavy atom. The predicted octanol–water partition coefficient (Wildman–Crippen LogP) is 4.19. The second-order valence-corrected chi connectivity index (χ2v) is 8.25. The van der Waals surface area contributed by atoms with Gasteiger partial charge in [-0.25, -0.2) is 0 Å². The van der Waals surface area contributed by atoms with Crippen LogP contribution < -0.4 is 0 Å². The topological polar surface area (TPSA) is 36.7 Å². The smallest absolute Gasteiger partial charge is 0.222 e. The Balaban J connectivity index is 1.39. The number of hydrogen-bond acceptors (Lipinski definition) is 4. The molecule has 0 radical (unpaired) electrons. The first-order valence-corrected chi connectivity index (χ1v) is 10.3. The molecule has 5 heteroatoms. The van der Waals surface area contributed by atoms with E-state index in [1.807, 2.05) is 36.8 Å². The van der Waals surface area contributed by atoms with Gasteiger partial charge in [-0.1, -0.05) is 18.2 Å². The van der Waals surface area contributed by atoms with Gasteiger partial charge in [-0.3, -0.25) is 4.79 Å². The van der Waals surface area contributed by atoms with Crippen molar-refractivity contribution in [1.29, 1.82) is 0 Å². The van der Waals surface area contributed by atoms with E-state index in [4.69, 9.17) is 4.42 Å². The molecule has 1 aliphatic rings. The molecule has 1 aliphatic heterocycles. The maximum absolute atomic E-state index is 12.5. The molecular formula is C21H28N2O2S. The Hall–Kier alpha value is -1.72. The number of carbonyl (C=O) groups excluding carboxylic acids is 1. The summed E-state index contributed by atoms with van der Waals surface area (Å²) in [5.41, 5.74) is 1.27. The summed E-state index contributed by atoms with van der Waals surface area (Å²) in [5.74, 6) is 3.28. The fourth-order valence-electron chi connectivity index (χ4n) is 3.23. The second-order valence-electron chi connectivity index (χ2n) is 7.08. The third kappa shape index (κ3) is 5.39. The molecule has 1 aromatic carbocycles. The van der Waals surface area contributed by atoms with Gasteiger partial charge in [0.2, 0.25) is 5.91 Å². The highest BCUT2D eigenvalue weighted by Gasteiger charge is 2.23. The Bertz CT molecular complexity index is 712. The highest BCUT2D eigenvalue weighted by atomic mass is 32.2. The lowest BCUT2D eigenvalue weighted by atomic mass is 10.1. The Labute approximate surface area is 160 Å². The summed E-state index contributed by atoms with van der Waals surface area (Å²) >= 11 is 1.86. The number of carbonyl (C=O) groups is 1. The molecule has 0 bridgehead atoms. The van der Waals surface area contributed by atoms with Crippen molar-refractivity contribution in [2.45, 2.75) is 43.7 Å². The van der Waals surface area contributed by atoms with E-state index in [0.717, 1.165) is 49.6 Å². The lowest BCUT2D eigenvalue weighted by Gasteiger charge is -2.26. The molecule has 1 amide bonds. The van der Waals surface area contributed by atoms with Crippen molar-refractivity contribution in [3.05, 3.63) is 53.5 Å². The normalized spacial score (nSPS) is 13.9. The number of fused-ring (bicyclic) bond motifs is 1. The van der Waals surface area contributed by atoms with E-state index >= 15 is 0 Å². The number of benzene rings is 1. The van der Waals surface area contributed by atoms with E-state index in [1.54, 1.807) is 0 Å². The van der Waals surface area contributed by atoms with Crippen LogP contribution in [-0.4, -0.2) is 42.1 Å². The molecule has 0 aliphatic carbocycles. The van der Waals surface area contributed by atoms with E-state index in [0.29, 0.717) is 13.0 Å². The monoisotopic (exact) mass is 372 g/mol. The quantitative estimate of drug-likeness (QED) is 0.514. The third-order valence-corrected chi connectivity index (χ3v) is 5.65. The lowest BCUT2D eigenvalue weighted by Crippen LogP contribution is -2.35. The van der Waals surface area contributed by atoms with Gasteiger partial charge in [-0.2, -0.15) is 0 Å². The van der Waals surface area contributed by atoms with Crippen LogP contribution in [0.1, 0.15) is 36.3 Å². The molecule has 26 heavy (non-hydrogen) atoms. The van der Waals surface area contributed by atoms with Crippen LogP contribution in [0.25, 0.3) is 0 Å². The van der Waals surface area contributed by atoms with Crippen molar-refractivity contribution in [2.24, 2.45) is 0 Å². The summed E-state index contributed by atoms with van der Waals surface area (Å²) in [6.07, 6.45) is 3.56. The van der Waals surface area contributed by atoms with Crippen LogP contribution in [0.5, 0.6) is 0 Å². The largest absolute Gasteiger partial charge is 0.463 e. The zero-order valence-electron chi connectivity index (χ0n) is 15.7. The van der Waals surface area contributed by atoms with Gasteiger partial charge in [0.15, 0.2) is 0 Å². The summed E-state index contributed by atoms with van der Waals surface area (Å²) in [6.45, 7) is 2.24. The molecule has 0 fully saturated rings. The van der Waals surface area contributed by atoms with Crippen LogP contribution >= 0.6 is 11.8 Å². The fraction of sp³-hybridized carbons (Fsp3) is 0.476. The Morgan fingerprint density at radius 1 is 1.23 bits per heavy atom. The zero-order valence-corrected chi connectivity index (χ0v) is 16.6. The number of furan rings is 1. The molecule has 0 atom stereocenters. The number of hydrogen-bond donors (Lipinski definition) is 0. The van der Waals surface area contributed by atoms with Gasteiger partial charge in [0, 0.05) is 17.9 Å². The average molecular weight is 373 g/mol. The van der Waals surface area contributed by atoms with Crippen molar-refractivity contribution >= 4 is 17.7 Å². The minimum atomic E-state index is 0.255. The highest BCUT2D eigenvalue weighted by Crippen LogP contribution is 2.24. The van der Waals surface area contributed by atoms with Gasteiger partial charge in [-0.05, 0) is 62.9 Å². The number of amides is 1. The standard InChI is InChI=1S/C21H28N2O2S/c1-22(2)15-18-14-17-11-12-23(16-20(17)25-18)21(24)10-6-7-13-26-19-8-4-3-5-9-19/h3-5,8-9,14H,6-7,10-13,15-16H2,1-2H3. The van der Waals surface area contributed by atoms with Crippen LogP contribution in [0.15, 0.2) is 45.7 Å². The molecular weight excluding hydrogens is 344 g/mol. The Kier molecular flexibility index (Phi) is 6.80. The van der Waals surface area contributed by atoms with Crippen LogP contribution in [0.4, 0.5) is 0 Å². The molecule has 0 saturated carbocycles. The van der Waals surface area contributed by atoms with Crippen LogP contribution in [-0.2, 0) is 24.3 Å². The van der Waals surface area contributed by atoms with Gasteiger partial charge >= 0.3 is 0 Å². The fourth-order valence-corrected chi connectivity index (χ4v) is 4.16. The van der Waals surface area contributed by atoms with Crippen molar-refractivity contribution in [1.82, 2.24) is 9.80 Å². The van der Waals surface area contributed by atoms with Crippen molar-refractivity contribution in [3.8, 4) is 0 Å². The summed E-state index contributed by atoms with van der Waals surface area (Å²) in [7, 11) is 4.07. The van der Waals surface area contributed by atoms with E-state index < -0.39 is 0 Å². The number of rotatable bonds is 8. The maximum Gasteiger partial charge on any atom is 0.222 e. The molecule has 0 unspecified atom stereocenters. The molecule has 4 nitrogen and oxygen atoms in total. The second kappa shape index (κ2) is 9.28. The number of nitrogens with zero attached hydrogens (tertiary/aromatic N) is 2. The first kappa shape index (κ1) is 19.1. The molecule has 0 N–H and O–H groups in total. The summed E-state index contributed by atoms with van der Waals surface area (Å²) in [6, 6.07) is 12.6. The first-order valence-electron chi connectivity index (χ1n) is 9.32. The van der Waals surface area contributed by atoms with Crippen molar-refractivity contribution in [3.63, 3.8) is 0 Å². The highest BCUT2D eigenvalue weighted by molar-refractivity contribution is 7.99. The first-order chi connectivity index (χ1) is 12.6. The van der Waals surface area contributed by atoms with E-state index in [-0.39, 0.29) is 5.91 Å². The zero-order chi connectivity index (χ0) is 18.4. The number of thioether (sulfide) groups is 1. The summed E-state index contributed by atoms with van der Waals surface area (Å²) in [5, 5.41) is 0. The SMILES string of the molecule is CN(C)Cc1cc2c(o1)CN(C(=O)CCCCSc1ccccc1)CC2. The Morgan fingerprint density at radius 3 is 2.81 bits per heavy atom. The molecule has 0 saturated heterocycles. The predicted molar refractivity (Wildman–Crippen MR) is 106 cm³/mol. The summed E-state index contributed by atoms with van der Waals surface area (Å²) in [4.78, 5) is 17.8. The van der Waals surface area contributed by atoms with E-state index in [1.165, 1.54) is 10.5 Å². The lowest BCUT2D eigenvalue weighted by molar-refractivity contribution is -0.132.